The van der Waals surface area contributed by atoms with Crippen LogP contribution in [0.2, 0.25) is 0 Å². The maximum absolute atomic E-state index is 11.5. The quantitative estimate of drug-likeness (QED) is 0.754. The number of amides is 1. The van der Waals surface area contributed by atoms with Crippen molar-refractivity contribution in [1.29, 1.82) is 0 Å². The fourth-order valence-corrected chi connectivity index (χ4v) is 2.39. The van der Waals surface area contributed by atoms with Crippen LogP contribution in [0.15, 0.2) is 6.33 Å². The Morgan fingerprint density at radius 1 is 1.47 bits per heavy atom. The van der Waals surface area contributed by atoms with Gasteiger partial charge in [-0.3, -0.25) is 4.79 Å². The van der Waals surface area contributed by atoms with Crippen molar-refractivity contribution in [2.24, 2.45) is 5.92 Å². The highest BCUT2D eigenvalue weighted by Gasteiger charge is 2.21. The minimum Gasteiger partial charge on any atom is -0.376 e. The number of carbonyl (C=O) groups is 1. The fourth-order valence-electron chi connectivity index (χ4n) is 2.39. The first-order chi connectivity index (χ1) is 9.25. The van der Waals surface area contributed by atoms with Crippen LogP contribution in [0.4, 0.5) is 0 Å². The first-order valence-electron chi connectivity index (χ1n) is 6.85. The maximum atomic E-state index is 11.5. The average Bonchev–Trinajstić information content (AvgIpc) is 2.89. The molecule has 1 fully saturated rings. The molecule has 2 rings (SSSR count). The normalized spacial score (nSPS) is 23.2. The zero-order chi connectivity index (χ0) is 13.5. The van der Waals surface area contributed by atoms with Gasteiger partial charge in [0.05, 0.1) is 12.7 Å². The van der Waals surface area contributed by atoms with E-state index in [1.54, 1.807) is 0 Å². The van der Waals surface area contributed by atoms with Gasteiger partial charge in [-0.05, 0) is 29.2 Å². The van der Waals surface area contributed by atoms with E-state index in [0.29, 0.717) is 25.2 Å². The van der Waals surface area contributed by atoms with Crippen LogP contribution in [0.3, 0.4) is 0 Å². The van der Waals surface area contributed by atoms with E-state index in [1.807, 2.05) is 0 Å². The summed E-state index contributed by atoms with van der Waals surface area (Å²) in [4.78, 5) is 11.5. The lowest BCUT2D eigenvalue weighted by atomic mass is 9.88. The Morgan fingerprint density at radius 3 is 3.05 bits per heavy atom. The third kappa shape index (κ3) is 4.59. The summed E-state index contributed by atoms with van der Waals surface area (Å²) in [7, 11) is 0. The lowest BCUT2D eigenvalue weighted by Gasteiger charge is -2.28. The standard InChI is InChI=1S/C12H21N5O2/c1-10-4-2-3-5-11(10)19-7-6-13-12(18)8-17-9-14-15-16-17/h9-11H,2-8H2,1H3,(H,13,18)/t10-,11+/m0/s1. The molecule has 1 aromatic heterocycles. The zero-order valence-electron chi connectivity index (χ0n) is 11.3. The van der Waals surface area contributed by atoms with Crippen LogP contribution < -0.4 is 5.32 Å². The molecule has 0 saturated heterocycles. The van der Waals surface area contributed by atoms with Crippen LogP contribution in [-0.4, -0.2) is 45.4 Å². The maximum Gasteiger partial charge on any atom is 0.241 e. The molecule has 2 atom stereocenters. The number of ether oxygens (including phenoxy) is 1. The first-order valence-corrected chi connectivity index (χ1v) is 6.85. The smallest absolute Gasteiger partial charge is 0.241 e. The van der Waals surface area contributed by atoms with Crippen molar-refractivity contribution >= 4 is 5.91 Å². The molecule has 1 saturated carbocycles. The first kappa shape index (κ1) is 13.9. The van der Waals surface area contributed by atoms with Crippen molar-refractivity contribution in [3.8, 4) is 0 Å². The second kappa shape index (κ2) is 7.18. The third-order valence-electron chi connectivity index (χ3n) is 3.49. The zero-order valence-corrected chi connectivity index (χ0v) is 11.3. The highest BCUT2D eigenvalue weighted by molar-refractivity contribution is 5.75. The Bertz CT molecular complexity index is 381. The second-order valence-corrected chi connectivity index (χ2v) is 5.03. The molecular formula is C12H21N5O2. The number of nitrogens with zero attached hydrogens (tertiary/aromatic N) is 4. The van der Waals surface area contributed by atoms with E-state index in [9.17, 15) is 4.79 Å². The van der Waals surface area contributed by atoms with Gasteiger partial charge in [0.2, 0.25) is 5.91 Å². The summed E-state index contributed by atoms with van der Waals surface area (Å²) in [6.45, 7) is 3.48. The molecule has 0 unspecified atom stereocenters. The van der Waals surface area contributed by atoms with Gasteiger partial charge in [-0.1, -0.05) is 19.8 Å². The average molecular weight is 267 g/mol. The van der Waals surface area contributed by atoms with Crippen LogP contribution in [0.5, 0.6) is 0 Å². The van der Waals surface area contributed by atoms with Crippen molar-refractivity contribution < 1.29 is 9.53 Å². The molecule has 0 aliphatic heterocycles. The fraction of sp³-hybridized carbons (Fsp3) is 0.833. The van der Waals surface area contributed by atoms with E-state index < -0.39 is 0 Å². The number of aromatic nitrogens is 4. The highest BCUT2D eigenvalue weighted by Crippen LogP contribution is 2.25. The summed E-state index contributed by atoms with van der Waals surface area (Å²) in [5.74, 6) is 0.526. The molecule has 1 N–H and O–H groups in total. The van der Waals surface area contributed by atoms with Crippen molar-refractivity contribution in [3.63, 3.8) is 0 Å². The molecule has 1 aromatic rings. The third-order valence-corrected chi connectivity index (χ3v) is 3.49. The van der Waals surface area contributed by atoms with Crippen molar-refractivity contribution in [1.82, 2.24) is 25.5 Å². The van der Waals surface area contributed by atoms with Gasteiger partial charge in [0, 0.05) is 6.54 Å². The van der Waals surface area contributed by atoms with Crippen LogP contribution in [0, 0.1) is 5.92 Å². The lowest BCUT2D eigenvalue weighted by Crippen LogP contribution is -2.33. The van der Waals surface area contributed by atoms with Crippen molar-refractivity contribution in [2.75, 3.05) is 13.2 Å². The van der Waals surface area contributed by atoms with Gasteiger partial charge in [0.1, 0.15) is 12.9 Å². The van der Waals surface area contributed by atoms with Crippen LogP contribution in [0.1, 0.15) is 32.6 Å². The van der Waals surface area contributed by atoms with Crippen molar-refractivity contribution in [2.45, 2.75) is 45.3 Å². The number of hydrogen-bond donors (Lipinski definition) is 1. The summed E-state index contributed by atoms with van der Waals surface area (Å²) in [5.41, 5.74) is 0. The second-order valence-electron chi connectivity index (χ2n) is 5.03. The molecular weight excluding hydrogens is 246 g/mol. The van der Waals surface area contributed by atoms with Gasteiger partial charge in [0.25, 0.3) is 0 Å². The number of carbonyl (C=O) groups excluding carboxylic acids is 1. The molecule has 1 amide bonds. The van der Waals surface area contributed by atoms with Gasteiger partial charge in [-0.15, -0.1) is 5.10 Å². The van der Waals surface area contributed by atoms with Gasteiger partial charge >= 0.3 is 0 Å². The highest BCUT2D eigenvalue weighted by atomic mass is 16.5. The van der Waals surface area contributed by atoms with Crippen LogP contribution in [-0.2, 0) is 16.1 Å². The van der Waals surface area contributed by atoms with E-state index in [0.717, 1.165) is 6.42 Å². The Kier molecular flexibility index (Phi) is 5.26. The Labute approximate surface area is 112 Å². The molecule has 1 heterocycles. The van der Waals surface area contributed by atoms with Gasteiger partial charge in [0.15, 0.2) is 0 Å². The monoisotopic (exact) mass is 267 g/mol. The molecule has 0 bridgehead atoms. The topological polar surface area (TPSA) is 81.9 Å². The summed E-state index contributed by atoms with van der Waals surface area (Å²) in [6.07, 6.45) is 6.71. The van der Waals surface area contributed by atoms with Crippen LogP contribution in [0.25, 0.3) is 0 Å². The summed E-state index contributed by atoms with van der Waals surface area (Å²) < 4.78 is 7.21. The molecule has 106 valence electrons. The van der Waals surface area contributed by atoms with Crippen molar-refractivity contribution in [3.05, 3.63) is 6.33 Å². The molecule has 19 heavy (non-hydrogen) atoms. The molecule has 0 aromatic carbocycles. The van der Waals surface area contributed by atoms with E-state index in [-0.39, 0.29) is 12.5 Å². The number of tetrazole rings is 1. The van der Waals surface area contributed by atoms with E-state index in [4.69, 9.17) is 4.74 Å². The van der Waals surface area contributed by atoms with E-state index >= 15 is 0 Å². The molecule has 1 aliphatic carbocycles. The number of rotatable bonds is 6. The van der Waals surface area contributed by atoms with E-state index in [1.165, 1.54) is 30.3 Å². The summed E-state index contributed by atoms with van der Waals surface area (Å²) >= 11 is 0. The number of nitrogens with one attached hydrogen (secondary N) is 1. The SMILES string of the molecule is C[C@H]1CCCC[C@H]1OCCNC(=O)Cn1cnnn1. The molecule has 0 spiro atoms. The Hall–Kier alpha value is -1.50. The predicted molar refractivity (Wildman–Crippen MR) is 68.2 cm³/mol. The summed E-state index contributed by atoms with van der Waals surface area (Å²) in [6, 6.07) is 0. The van der Waals surface area contributed by atoms with Crippen LogP contribution >= 0.6 is 0 Å². The Balaban J connectivity index is 1.57. The molecule has 7 heteroatoms. The predicted octanol–water partition coefficient (Wildman–Crippen LogP) is 0.385. The molecule has 7 nitrogen and oxygen atoms in total. The minimum absolute atomic E-state index is 0.104. The minimum atomic E-state index is -0.104. The molecule has 0 radical (unpaired) electrons. The molecule has 1 aliphatic rings. The largest absolute Gasteiger partial charge is 0.376 e. The Morgan fingerprint density at radius 2 is 2.32 bits per heavy atom. The number of hydrogen-bond acceptors (Lipinski definition) is 5. The lowest BCUT2D eigenvalue weighted by molar-refractivity contribution is -0.122. The van der Waals surface area contributed by atoms with E-state index in [2.05, 4.69) is 27.8 Å². The van der Waals surface area contributed by atoms with Gasteiger partial charge < -0.3 is 10.1 Å². The van der Waals surface area contributed by atoms with Gasteiger partial charge in [-0.25, -0.2) is 4.68 Å². The van der Waals surface area contributed by atoms with Gasteiger partial charge in [-0.2, -0.15) is 0 Å². The summed E-state index contributed by atoms with van der Waals surface area (Å²) in [5, 5.41) is 13.4.